The Labute approximate surface area is 190 Å². The van der Waals surface area contributed by atoms with Crippen molar-refractivity contribution in [2.75, 3.05) is 18.7 Å². The van der Waals surface area contributed by atoms with Crippen LogP contribution in [-0.2, 0) is 11.3 Å². The summed E-state index contributed by atoms with van der Waals surface area (Å²) in [6.07, 6.45) is 2.05. The molecule has 0 saturated carbocycles. The van der Waals surface area contributed by atoms with Crippen LogP contribution in [0.5, 0.6) is 11.5 Å². The molecule has 0 fully saturated rings. The molecule has 0 aliphatic carbocycles. The molecule has 2 heterocycles. The van der Waals surface area contributed by atoms with Gasteiger partial charge in [0.2, 0.25) is 12.7 Å². The van der Waals surface area contributed by atoms with Crippen LogP contribution < -0.4 is 25.4 Å². The lowest BCUT2D eigenvalue weighted by atomic mass is 10.1. The average molecular weight is 449 g/mol. The molecule has 3 N–H and O–H groups in total. The summed E-state index contributed by atoms with van der Waals surface area (Å²) in [6.45, 7) is 0.812. The molecule has 0 atom stereocenters. The fourth-order valence-corrected chi connectivity index (χ4v) is 3.28. The molecule has 3 aromatic rings. The molecular weight excluding hydrogens is 426 g/mol. The van der Waals surface area contributed by atoms with Gasteiger partial charge in [-0.3, -0.25) is 14.4 Å². The van der Waals surface area contributed by atoms with Crippen LogP contribution in [0.4, 0.5) is 5.69 Å². The molecule has 33 heavy (non-hydrogen) atoms. The lowest BCUT2D eigenvalue weighted by molar-refractivity contribution is -0.116. The molecule has 0 radical (unpaired) electrons. The number of hydrogen-bond donors (Lipinski definition) is 3. The van der Waals surface area contributed by atoms with Crippen molar-refractivity contribution in [2.45, 2.75) is 19.4 Å². The fourth-order valence-electron chi connectivity index (χ4n) is 3.28. The third-order valence-electron chi connectivity index (χ3n) is 4.95. The van der Waals surface area contributed by atoms with Crippen LogP contribution in [0.1, 0.15) is 39.3 Å². The number of anilines is 1. The molecule has 3 amide bonds. The first-order chi connectivity index (χ1) is 16.1. The summed E-state index contributed by atoms with van der Waals surface area (Å²) in [5, 5.41) is 8.32. The van der Waals surface area contributed by atoms with Gasteiger partial charge in [-0.05, 0) is 48.4 Å². The first-order valence-corrected chi connectivity index (χ1v) is 10.5. The van der Waals surface area contributed by atoms with Crippen LogP contribution in [0.25, 0.3) is 0 Å². The molecule has 0 bridgehead atoms. The highest BCUT2D eigenvalue weighted by Gasteiger charge is 2.16. The van der Waals surface area contributed by atoms with Crippen molar-refractivity contribution < 1.29 is 28.3 Å². The minimum atomic E-state index is -0.329. The number of hydrogen-bond acceptors (Lipinski definition) is 6. The van der Waals surface area contributed by atoms with E-state index in [-0.39, 0.29) is 36.7 Å². The van der Waals surface area contributed by atoms with Gasteiger partial charge in [0, 0.05) is 19.5 Å². The highest BCUT2D eigenvalue weighted by Crippen LogP contribution is 2.32. The van der Waals surface area contributed by atoms with Gasteiger partial charge in [0.05, 0.1) is 17.5 Å². The van der Waals surface area contributed by atoms with E-state index in [4.69, 9.17) is 13.9 Å². The number of carbonyl (C=O) groups is 3. The number of rotatable bonds is 9. The van der Waals surface area contributed by atoms with Gasteiger partial charge < -0.3 is 29.8 Å². The maximum Gasteiger partial charge on any atom is 0.286 e. The van der Waals surface area contributed by atoms with Gasteiger partial charge in [-0.15, -0.1) is 0 Å². The van der Waals surface area contributed by atoms with Crippen molar-refractivity contribution in [3.63, 3.8) is 0 Å². The summed E-state index contributed by atoms with van der Waals surface area (Å²) >= 11 is 0. The van der Waals surface area contributed by atoms with Crippen molar-refractivity contribution in [1.29, 1.82) is 0 Å². The Bertz CT molecular complexity index is 1140. The van der Waals surface area contributed by atoms with Crippen LogP contribution in [0, 0.1) is 0 Å². The number of nitrogens with one attached hydrogen (secondary N) is 3. The van der Waals surface area contributed by atoms with E-state index in [0.29, 0.717) is 42.3 Å². The zero-order chi connectivity index (χ0) is 23.0. The van der Waals surface area contributed by atoms with E-state index >= 15 is 0 Å². The molecule has 2 aromatic carbocycles. The Kier molecular flexibility index (Phi) is 6.89. The van der Waals surface area contributed by atoms with Gasteiger partial charge in [-0.1, -0.05) is 18.2 Å². The third-order valence-corrected chi connectivity index (χ3v) is 4.95. The normalized spacial score (nSPS) is 11.6. The molecule has 1 aliphatic heterocycles. The highest BCUT2D eigenvalue weighted by atomic mass is 16.7. The SMILES string of the molecule is O=C(CCCNC(=O)c1ccco1)Nc1ccccc1C(=O)NCc1ccc2c(c1)OCO2. The Morgan fingerprint density at radius 3 is 2.58 bits per heavy atom. The zero-order valence-corrected chi connectivity index (χ0v) is 17.8. The Morgan fingerprint density at radius 1 is 0.879 bits per heavy atom. The second kappa shape index (κ2) is 10.4. The van der Waals surface area contributed by atoms with Crippen LogP contribution in [0.15, 0.2) is 65.3 Å². The van der Waals surface area contributed by atoms with Gasteiger partial charge in [0.15, 0.2) is 17.3 Å². The number of para-hydroxylation sites is 1. The van der Waals surface area contributed by atoms with Gasteiger partial charge in [-0.2, -0.15) is 0 Å². The smallest absolute Gasteiger partial charge is 0.286 e. The van der Waals surface area contributed by atoms with E-state index in [1.54, 1.807) is 42.5 Å². The minimum Gasteiger partial charge on any atom is -0.459 e. The van der Waals surface area contributed by atoms with Gasteiger partial charge >= 0.3 is 0 Å². The molecule has 1 aliphatic rings. The number of fused-ring (bicyclic) bond motifs is 1. The standard InChI is InChI=1S/C24H23N3O6/c28-22(8-3-11-25-24(30)20-7-4-12-31-20)27-18-6-2-1-5-17(18)23(29)26-14-16-9-10-19-21(13-16)33-15-32-19/h1-2,4-7,9-10,12-13H,3,8,11,14-15H2,(H,25,30)(H,26,29)(H,27,28). The number of benzene rings is 2. The van der Waals surface area contributed by atoms with Crippen LogP contribution >= 0.6 is 0 Å². The van der Waals surface area contributed by atoms with Gasteiger partial charge in [-0.25, -0.2) is 0 Å². The van der Waals surface area contributed by atoms with Gasteiger partial charge in [0.25, 0.3) is 11.8 Å². The topological polar surface area (TPSA) is 119 Å². The van der Waals surface area contributed by atoms with E-state index in [9.17, 15) is 14.4 Å². The Hall–Kier alpha value is -4.27. The summed E-state index contributed by atoms with van der Waals surface area (Å²) in [7, 11) is 0. The van der Waals surface area contributed by atoms with Crippen molar-refractivity contribution in [3.05, 3.63) is 77.7 Å². The maximum atomic E-state index is 12.7. The summed E-state index contributed by atoms with van der Waals surface area (Å²) in [5.41, 5.74) is 1.65. The maximum absolute atomic E-state index is 12.7. The predicted molar refractivity (Wildman–Crippen MR) is 119 cm³/mol. The summed E-state index contributed by atoms with van der Waals surface area (Å²) in [5.74, 6) is 0.658. The molecule has 0 unspecified atom stereocenters. The average Bonchev–Trinajstić information content (AvgIpc) is 3.52. The van der Waals surface area contributed by atoms with Crippen LogP contribution in [0.2, 0.25) is 0 Å². The van der Waals surface area contributed by atoms with E-state index in [1.807, 2.05) is 12.1 Å². The largest absolute Gasteiger partial charge is 0.459 e. The first kappa shape index (κ1) is 21.9. The van der Waals surface area contributed by atoms with Crippen molar-refractivity contribution in [3.8, 4) is 11.5 Å². The third kappa shape index (κ3) is 5.70. The monoisotopic (exact) mass is 449 g/mol. The van der Waals surface area contributed by atoms with Crippen LogP contribution in [-0.4, -0.2) is 31.1 Å². The van der Waals surface area contributed by atoms with E-state index < -0.39 is 0 Å². The van der Waals surface area contributed by atoms with E-state index in [1.165, 1.54) is 6.26 Å². The van der Waals surface area contributed by atoms with E-state index in [2.05, 4.69) is 16.0 Å². The first-order valence-electron chi connectivity index (χ1n) is 10.5. The van der Waals surface area contributed by atoms with Crippen molar-refractivity contribution >= 4 is 23.4 Å². The molecule has 4 rings (SSSR count). The summed E-state index contributed by atoms with van der Waals surface area (Å²) in [4.78, 5) is 36.9. The highest BCUT2D eigenvalue weighted by molar-refractivity contribution is 6.03. The Balaban J connectivity index is 1.26. The zero-order valence-electron chi connectivity index (χ0n) is 17.8. The quantitative estimate of drug-likeness (QED) is 0.432. The number of furan rings is 1. The van der Waals surface area contributed by atoms with Crippen LogP contribution in [0.3, 0.4) is 0 Å². The number of carbonyl (C=O) groups excluding carboxylic acids is 3. The second-order valence-corrected chi connectivity index (χ2v) is 7.30. The molecule has 9 nitrogen and oxygen atoms in total. The molecule has 170 valence electrons. The number of amides is 3. The summed E-state index contributed by atoms with van der Waals surface area (Å²) in [6, 6.07) is 15.5. The van der Waals surface area contributed by atoms with Crippen molar-refractivity contribution in [1.82, 2.24) is 10.6 Å². The molecule has 9 heteroatoms. The Morgan fingerprint density at radius 2 is 1.73 bits per heavy atom. The van der Waals surface area contributed by atoms with E-state index in [0.717, 1.165) is 5.56 Å². The minimum absolute atomic E-state index is 0.186. The lowest BCUT2D eigenvalue weighted by Gasteiger charge is -2.12. The molecule has 0 saturated heterocycles. The summed E-state index contributed by atoms with van der Waals surface area (Å²) < 4.78 is 15.7. The molecule has 0 spiro atoms. The van der Waals surface area contributed by atoms with Crippen molar-refractivity contribution in [2.24, 2.45) is 0 Å². The fraction of sp³-hybridized carbons (Fsp3) is 0.208. The predicted octanol–water partition coefficient (Wildman–Crippen LogP) is 3.09. The molecular formula is C24H23N3O6. The van der Waals surface area contributed by atoms with Gasteiger partial charge in [0.1, 0.15) is 0 Å². The second-order valence-electron chi connectivity index (χ2n) is 7.30. The molecule has 1 aromatic heterocycles. The lowest BCUT2D eigenvalue weighted by Crippen LogP contribution is -2.26. The number of ether oxygens (including phenoxy) is 2.